The minimum Gasteiger partial charge on any atom is -0.378 e. The molecule has 0 aliphatic carbocycles. The Hall–Kier alpha value is -3.56. The molecule has 142 valence electrons. The summed E-state index contributed by atoms with van der Waals surface area (Å²) in [6.07, 6.45) is 0. The topological polar surface area (TPSA) is 113 Å². The van der Waals surface area contributed by atoms with Gasteiger partial charge in [-0.05, 0) is 24.3 Å². The van der Waals surface area contributed by atoms with E-state index in [-0.39, 0.29) is 30.0 Å². The normalized spacial score (nSPS) is 10.2. The molecule has 3 N–H and O–H groups in total. The van der Waals surface area contributed by atoms with Crippen LogP contribution < -0.4 is 16.0 Å². The van der Waals surface area contributed by atoms with Crippen molar-refractivity contribution in [2.75, 3.05) is 25.5 Å². The van der Waals surface area contributed by atoms with E-state index in [4.69, 9.17) is 0 Å². The highest BCUT2D eigenvalue weighted by Crippen LogP contribution is 2.25. The summed E-state index contributed by atoms with van der Waals surface area (Å²) in [5.74, 6) is -3.37. The van der Waals surface area contributed by atoms with Gasteiger partial charge in [0.1, 0.15) is 22.9 Å². The van der Waals surface area contributed by atoms with Crippen molar-refractivity contribution in [1.29, 1.82) is 0 Å². The molecule has 10 heteroatoms. The van der Waals surface area contributed by atoms with Crippen LogP contribution >= 0.6 is 0 Å². The maximum Gasteiger partial charge on any atom is 0.293 e. The van der Waals surface area contributed by atoms with Crippen LogP contribution in [0, 0.1) is 21.7 Å². The van der Waals surface area contributed by atoms with Crippen molar-refractivity contribution in [2.45, 2.75) is 0 Å². The smallest absolute Gasteiger partial charge is 0.293 e. The molecule has 0 aliphatic heterocycles. The lowest BCUT2D eigenvalue weighted by atomic mass is 10.1. The van der Waals surface area contributed by atoms with Crippen LogP contribution in [0.15, 0.2) is 36.4 Å². The molecule has 8 nitrogen and oxygen atoms in total. The number of nitro benzene ring substituents is 1. The lowest BCUT2D eigenvalue weighted by Crippen LogP contribution is -2.30. The molecular formula is C17H16F2N4O4. The summed E-state index contributed by atoms with van der Waals surface area (Å²) >= 11 is 0. The van der Waals surface area contributed by atoms with Crippen molar-refractivity contribution in [3.63, 3.8) is 0 Å². The summed E-state index contributed by atoms with van der Waals surface area (Å²) in [5, 5.41) is 18.6. The highest BCUT2D eigenvalue weighted by molar-refractivity contribution is 5.95. The fourth-order valence-corrected chi connectivity index (χ4v) is 2.29. The number of anilines is 1. The van der Waals surface area contributed by atoms with Gasteiger partial charge in [-0.1, -0.05) is 6.07 Å². The first-order chi connectivity index (χ1) is 12.8. The summed E-state index contributed by atoms with van der Waals surface area (Å²) in [6.45, 7) is 0.0168. The number of nitro groups is 1. The second-order valence-electron chi connectivity index (χ2n) is 5.35. The Morgan fingerprint density at radius 2 is 1.74 bits per heavy atom. The SMILES string of the molecule is CNC(=O)c1ccc(NCCNC(=O)c2c(F)cccc2F)c([N+](=O)[O-])c1. The molecule has 27 heavy (non-hydrogen) atoms. The van der Waals surface area contributed by atoms with E-state index >= 15 is 0 Å². The maximum atomic E-state index is 13.5. The Kier molecular flexibility index (Phi) is 6.36. The number of carbonyl (C=O) groups is 2. The third kappa shape index (κ3) is 4.75. The van der Waals surface area contributed by atoms with Crippen molar-refractivity contribution in [2.24, 2.45) is 0 Å². The zero-order chi connectivity index (χ0) is 20.0. The van der Waals surface area contributed by atoms with Gasteiger partial charge in [0.15, 0.2) is 0 Å². The number of benzene rings is 2. The highest BCUT2D eigenvalue weighted by atomic mass is 19.1. The van der Waals surface area contributed by atoms with Gasteiger partial charge in [-0.3, -0.25) is 19.7 Å². The summed E-state index contributed by atoms with van der Waals surface area (Å²) in [6, 6.07) is 6.96. The van der Waals surface area contributed by atoms with E-state index in [2.05, 4.69) is 16.0 Å². The first kappa shape index (κ1) is 19.8. The van der Waals surface area contributed by atoms with Crippen LogP contribution in [-0.2, 0) is 0 Å². The van der Waals surface area contributed by atoms with E-state index in [1.54, 1.807) is 0 Å². The largest absolute Gasteiger partial charge is 0.378 e. The maximum absolute atomic E-state index is 13.5. The standard InChI is InChI=1S/C17H16F2N4O4/c1-20-16(24)10-5-6-13(14(9-10)23(26)27)21-7-8-22-17(25)15-11(18)3-2-4-12(15)19/h2-6,9,21H,7-8H2,1H3,(H,20,24)(H,22,25). The number of hydrogen-bond acceptors (Lipinski definition) is 5. The molecule has 2 aromatic rings. The number of amides is 2. The fourth-order valence-electron chi connectivity index (χ4n) is 2.29. The van der Waals surface area contributed by atoms with Crippen LogP contribution in [0.3, 0.4) is 0 Å². The first-order valence-electron chi connectivity index (χ1n) is 7.81. The summed E-state index contributed by atoms with van der Waals surface area (Å²) < 4.78 is 27.0. The number of nitrogens with one attached hydrogen (secondary N) is 3. The van der Waals surface area contributed by atoms with E-state index < -0.39 is 33.9 Å². The molecule has 0 spiro atoms. The monoisotopic (exact) mass is 378 g/mol. The van der Waals surface area contributed by atoms with Crippen molar-refractivity contribution >= 4 is 23.2 Å². The fraction of sp³-hybridized carbons (Fsp3) is 0.176. The lowest BCUT2D eigenvalue weighted by molar-refractivity contribution is -0.384. The first-order valence-corrected chi connectivity index (χ1v) is 7.81. The minimum absolute atomic E-state index is 0.0407. The number of carbonyl (C=O) groups excluding carboxylic acids is 2. The van der Waals surface area contributed by atoms with Crippen LogP contribution in [0.5, 0.6) is 0 Å². The lowest BCUT2D eigenvalue weighted by Gasteiger charge is -2.10. The molecule has 0 saturated carbocycles. The van der Waals surface area contributed by atoms with E-state index in [9.17, 15) is 28.5 Å². The van der Waals surface area contributed by atoms with Gasteiger partial charge >= 0.3 is 0 Å². The summed E-state index contributed by atoms with van der Waals surface area (Å²) in [4.78, 5) is 33.9. The molecule has 0 fully saturated rings. The van der Waals surface area contributed by atoms with Crippen molar-refractivity contribution in [3.8, 4) is 0 Å². The predicted octanol–water partition coefficient (Wildman–Crippen LogP) is 2.07. The van der Waals surface area contributed by atoms with Crippen LogP contribution in [-0.4, -0.2) is 36.9 Å². The molecule has 0 aromatic heterocycles. The Balaban J connectivity index is 2.00. The number of hydrogen-bond donors (Lipinski definition) is 3. The van der Waals surface area contributed by atoms with Gasteiger partial charge < -0.3 is 16.0 Å². The molecule has 0 bridgehead atoms. The molecule has 2 rings (SSSR count). The quantitative estimate of drug-likeness (QED) is 0.388. The van der Waals surface area contributed by atoms with Crippen LogP contribution in [0.2, 0.25) is 0 Å². The third-order valence-corrected chi connectivity index (χ3v) is 3.60. The molecule has 0 radical (unpaired) electrons. The molecule has 0 heterocycles. The molecule has 0 aliphatic rings. The van der Waals surface area contributed by atoms with Gasteiger partial charge in [-0.25, -0.2) is 8.78 Å². The molecule has 2 aromatic carbocycles. The third-order valence-electron chi connectivity index (χ3n) is 3.60. The zero-order valence-electron chi connectivity index (χ0n) is 14.2. The molecule has 0 atom stereocenters. The van der Waals surface area contributed by atoms with Crippen molar-refractivity contribution < 1.29 is 23.3 Å². The van der Waals surface area contributed by atoms with Gasteiger partial charge in [0.2, 0.25) is 0 Å². The highest BCUT2D eigenvalue weighted by Gasteiger charge is 2.18. The summed E-state index contributed by atoms with van der Waals surface area (Å²) in [5.41, 5.74) is -0.752. The summed E-state index contributed by atoms with van der Waals surface area (Å²) in [7, 11) is 1.40. The van der Waals surface area contributed by atoms with Crippen LogP contribution in [0.1, 0.15) is 20.7 Å². The van der Waals surface area contributed by atoms with Gasteiger partial charge in [-0.15, -0.1) is 0 Å². The second-order valence-corrected chi connectivity index (χ2v) is 5.35. The van der Waals surface area contributed by atoms with Crippen LogP contribution in [0.25, 0.3) is 0 Å². The molecule has 0 unspecified atom stereocenters. The minimum atomic E-state index is -0.985. The number of rotatable bonds is 7. The Bertz CT molecular complexity index is 869. The number of nitrogens with zero attached hydrogens (tertiary/aromatic N) is 1. The Morgan fingerprint density at radius 1 is 1.07 bits per heavy atom. The van der Waals surface area contributed by atoms with Crippen LogP contribution in [0.4, 0.5) is 20.2 Å². The van der Waals surface area contributed by atoms with Crippen molar-refractivity contribution in [1.82, 2.24) is 10.6 Å². The van der Waals surface area contributed by atoms with E-state index in [0.29, 0.717) is 0 Å². The van der Waals surface area contributed by atoms with Gasteiger partial charge in [0.05, 0.1) is 4.92 Å². The average molecular weight is 378 g/mol. The number of halogens is 2. The average Bonchev–Trinajstić information content (AvgIpc) is 2.64. The molecule has 2 amide bonds. The van der Waals surface area contributed by atoms with Gasteiger partial charge in [-0.2, -0.15) is 0 Å². The molecule has 0 saturated heterocycles. The van der Waals surface area contributed by atoms with Gasteiger partial charge in [0, 0.05) is 31.8 Å². The zero-order valence-corrected chi connectivity index (χ0v) is 14.2. The predicted molar refractivity (Wildman–Crippen MR) is 93.7 cm³/mol. The van der Waals surface area contributed by atoms with E-state index in [0.717, 1.165) is 24.3 Å². The van der Waals surface area contributed by atoms with E-state index in [1.165, 1.54) is 19.2 Å². The molecular weight excluding hydrogens is 362 g/mol. The van der Waals surface area contributed by atoms with Crippen molar-refractivity contribution in [3.05, 3.63) is 69.3 Å². The van der Waals surface area contributed by atoms with Gasteiger partial charge in [0.25, 0.3) is 17.5 Å². The second kappa shape index (κ2) is 8.70. The van der Waals surface area contributed by atoms with E-state index in [1.807, 2.05) is 0 Å². The Labute approximate surface area is 152 Å². The Morgan fingerprint density at radius 3 is 2.33 bits per heavy atom.